The van der Waals surface area contributed by atoms with E-state index < -0.39 is 29.7 Å². The molecular weight excluding hydrogens is 347 g/mol. The Hall–Kier alpha value is -2.61. The molecule has 1 saturated carbocycles. The second-order valence-corrected chi connectivity index (χ2v) is 6.78. The highest BCUT2D eigenvalue weighted by atomic mass is 19.4. The van der Waals surface area contributed by atoms with E-state index in [4.69, 9.17) is 4.74 Å². The largest absolute Gasteiger partial charge is 0.396 e. The number of nitrogens with zero attached hydrogens (tertiary/aromatic N) is 1. The fourth-order valence-corrected chi connectivity index (χ4v) is 3.55. The Bertz CT molecular complexity index is 833. The summed E-state index contributed by atoms with van der Waals surface area (Å²) in [6, 6.07) is 11.0. The summed E-state index contributed by atoms with van der Waals surface area (Å²) in [5, 5.41) is 5.81. The van der Waals surface area contributed by atoms with Gasteiger partial charge in [0.05, 0.1) is 29.6 Å². The summed E-state index contributed by atoms with van der Waals surface area (Å²) in [4.78, 5) is 16.6. The summed E-state index contributed by atoms with van der Waals surface area (Å²) in [7, 11) is 0. The standard InChI is InChI=1S/C18H16F3N3O2/c19-18(20,21)16-9-17(10-16,26-11-16)15(25)24-14-8-22-7-6-13(14)23-12-4-2-1-3-5-12/h1-8H,9-11H2,(H,22,23)(H,24,25). The minimum atomic E-state index is -4.36. The van der Waals surface area contributed by atoms with E-state index in [0.717, 1.165) is 5.69 Å². The van der Waals surface area contributed by atoms with E-state index in [2.05, 4.69) is 15.6 Å². The molecule has 3 fully saturated rings. The van der Waals surface area contributed by atoms with Crippen molar-refractivity contribution in [3.8, 4) is 0 Å². The highest BCUT2D eigenvalue weighted by Crippen LogP contribution is 2.65. The molecule has 1 aliphatic carbocycles. The van der Waals surface area contributed by atoms with Crippen molar-refractivity contribution < 1.29 is 22.7 Å². The number of carbonyl (C=O) groups is 1. The molecule has 2 aliphatic heterocycles. The van der Waals surface area contributed by atoms with Gasteiger partial charge in [-0.3, -0.25) is 9.78 Å². The number of anilines is 3. The minimum Gasteiger partial charge on any atom is -0.364 e. The average molecular weight is 363 g/mol. The van der Waals surface area contributed by atoms with Crippen molar-refractivity contribution in [2.45, 2.75) is 24.6 Å². The van der Waals surface area contributed by atoms with Gasteiger partial charge in [0.25, 0.3) is 5.91 Å². The van der Waals surface area contributed by atoms with Crippen molar-refractivity contribution in [3.63, 3.8) is 0 Å². The monoisotopic (exact) mass is 363 g/mol. The number of hydrogen-bond donors (Lipinski definition) is 2. The fraction of sp³-hybridized carbons (Fsp3) is 0.333. The molecule has 2 saturated heterocycles. The Morgan fingerprint density at radius 1 is 1.12 bits per heavy atom. The molecule has 26 heavy (non-hydrogen) atoms. The maximum Gasteiger partial charge on any atom is 0.396 e. The second-order valence-electron chi connectivity index (χ2n) is 6.78. The lowest BCUT2D eigenvalue weighted by molar-refractivity contribution is -0.241. The van der Waals surface area contributed by atoms with Crippen molar-refractivity contribution in [2.75, 3.05) is 17.2 Å². The summed E-state index contributed by atoms with van der Waals surface area (Å²) in [5.41, 5.74) is -1.50. The van der Waals surface area contributed by atoms with Crippen LogP contribution in [0.15, 0.2) is 48.8 Å². The van der Waals surface area contributed by atoms with Crippen LogP contribution >= 0.6 is 0 Å². The van der Waals surface area contributed by atoms with E-state index in [1.165, 1.54) is 6.20 Å². The number of ether oxygens (including phenoxy) is 1. The summed E-state index contributed by atoms with van der Waals surface area (Å²) in [5.74, 6) is -0.570. The van der Waals surface area contributed by atoms with Crippen LogP contribution in [0.2, 0.25) is 0 Å². The lowest BCUT2D eigenvalue weighted by Gasteiger charge is -2.43. The van der Waals surface area contributed by atoms with Gasteiger partial charge in [-0.25, -0.2) is 0 Å². The first-order chi connectivity index (χ1) is 12.3. The second kappa shape index (κ2) is 5.70. The van der Waals surface area contributed by atoms with E-state index in [1.807, 2.05) is 30.3 Å². The normalized spacial score (nSPS) is 26.9. The van der Waals surface area contributed by atoms with Gasteiger partial charge in [0, 0.05) is 24.7 Å². The number of amides is 1. The quantitative estimate of drug-likeness (QED) is 0.866. The number of aromatic nitrogens is 1. The van der Waals surface area contributed by atoms with Gasteiger partial charge in [-0.1, -0.05) is 18.2 Å². The van der Waals surface area contributed by atoms with Crippen molar-refractivity contribution >= 4 is 23.0 Å². The van der Waals surface area contributed by atoms with E-state index in [9.17, 15) is 18.0 Å². The minimum absolute atomic E-state index is 0.336. The third kappa shape index (κ3) is 2.61. The maximum atomic E-state index is 13.1. The number of halogens is 3. The average Bonchev–Trinajstić information content (AvgIpc) is 3.16. The van der Waals surface area contributed by atoms with Crippen molar-refractivity contribution in [2.24, 2.45) is 5.41 Å². The Morgan fingerprint density at radius 2 is 1.85 bits per heavy atom. The fourth-order valence-electron chi connectivity index (χ4n) is 3.55. The van der Waals surface area contributed by atoms with Crippen molar-refractivity contribution in [3.05, 3.63) is 48.8 Å². The number of carbonyl (C=O) groups excluding carboxylic acids is 1. The van der Waals surface area contributed by atoms with Gasteiger partial charge >= 0.3 is 6.18 Å². The number of alkyl halides is 3. The van der Waals surface area contributed by atoms with Crippen LogP contribution in [0, 0.1) is 5.41 Å². The molecule has 5 rings (SSSR count). The number of pyridine rings is 1. The predicted molar refractivity (Wildman–Crippen MR) is 89.0 cm³/mol. The zero-order valence-corrected chi connectivity index (χ0v) is 13.6. The van der Waals surface area contributed by atoms with Gasteiger partial charge in [-0.05, 0) is 18.2 Å². The lowest BCUT2D eigenvalue weighted by atomic mass is 9.61. The first-order valence-electron chi connectivity index (χ1n) is 8.12. The highest BCUT2D eigenvalue weighted by Gasteiger charge is 2.76. The van der Waals surface area contributed by atoms with Gasteiger partial charge in [0.1, 0.15) is 5.60 Å². The van der Waals surface area contributed by atoms with E-state index in [-0.39, 0.29) is 12.8 Å². The van der Waals surface area contributed by atoms with Crippen LogP contribution in [0.5, 0.6) is 0 Å². The van der Waals surface area contributed by atoms with Crippen LogP contribution in [0.1, 0.15) is 12.8 Å². The molecule has 0 spiro atoms. The van der Waals surface area contributed by atoms with Crippen LogP contribution in [0.25, 0.3) is 0 Å². The number of hydrogen-bond acceptors (Lipinski definition) is 4. The molecule has 5 nitrogen and oxygen atoms in total. The van der Waals surface area contributed by atoms with E-state index in [0.29, 0.717) is 11.4 Å². The molecule has 2 N–H and O–H groups in total. The van der Waals surface area contributed by atoms with Crippen LogP contribution in [0.4, 0.5) is 30.2 Å². The molecule has 1 aromatic carbocycles. The zero-order valence-electron chi connectivity index (χ0n) is 13.6. The summed E-state index contributed by atoms with van der Waals surface area (Å²) in [6.07, 6.45) is -2.02. The Balaban J connectivity index is 1.50. The molecular formula is C18H16F3N3O2. The smallest absolute Gasteiger partial charge is 0.364 e. The van der Waals surface area contributed by atoms with Gasteiger partial charge in [-0.15, -0.1) is 0 Å². The topological polar surface area (TPSA) is 63.2 Å². The van der Waals surface area contributed by atoms with Crippen molar-refractivity contribution in [1.29, 1.82) is 0 Å². The van der Waals surface area contributed by atoms with Crippen LogP contribution in [-0.4, -0.2) is 29.3 Å². The first-order valence-corrected chi connectivity index (χ1v) is 8.12. The van der Waals surface area contributed by atoms with Crippen LogP contribution in [0.3, 0.4) is 0 Å². The van der Waals surface area contributed by atoms with Gasteiger partial charge < -0.3 is 15.4 Å². The van der Waals surface area contributed by atoms with Crippen LogP contribution in [-0.2, 0) is 9.53 Å². The number of nitrogens with one attached hydrogen (secondary N) is 2. The molecule has 1 amide bonds. The summed E-state index contributed by atoms with van der Waals surface area (Å²) < 4.78 is 44.6. The Labute approximate surface area is 147 Å². The van der Waals surface area contributed by atoms with E-state index >= 15 is 0 Å². The molecule has 2 bridgehead atoms. The molecule has 0 atom stereocenters. The summed E-state index contributed by atoms with van der Waals surface area (Å²) >= 11 is 0. The molecule has 0 radical (unpaired) electrons. The Morgan fingerprint density at radius 3 is 2.50 bits per heavy atom. The van der Waals surface area contributed by atoms with Gasteiger partial charge in [0.2, 0.25) is 0 Å². The highest BCUT2D eigenvalue weighted by molar-refractivity contribution is 6.01. The lowest BCUT2D eigenvalue weighted by Crippen LogP contribution is -2.57. The summed E-state index contributed by atoms with van der Waals surface area (Å²) in [6.45, 7) is -0.466. The number of para-hydroxylation sites is 1. The van der Waals surface area contributed by atoms with Gasteiger partial charge in [-0.2, -0.15) is 13.2 Å². The molecule has 3 heterocycles. The number of benzene rings is 1. The first kappa shape index (κ1) is 16.8. The third-order valence-corrected chi connectivity index (χ3v) is 5.01. The molecule has 1 aromatic heterocycles. The van der Waals surface area contributed by atoms with Crippen molar-refractivity contribution in [1.82, 2.24) is 4.98 Å². The molecule has 3 aliphatic rings. The third-order valence-electron chi connectivity index (χ3n) is 5.01. The Kier molecular flexibility index (Phi) is 3.69. The predicted octanol–water partition coefficient (Wildman–Crippen LogP) is 3.88. The number of fused-ring (bicyclic) bond motifs is 1. The van der Waals surface area contributed by atoms with Crippen LogP contribution < -0.4 is 10.6 Å². The zero-order chi connectivity index (χ0) is 18.4. The molecule has 136 valence electrons. The molecule has 0 unspecified atom stereocenters. The van der Waals surface area contributed by atoms with Gasteiger partial charge in [0.15, 0.2) is 0 Å². The molecule has 2 aromatic rings. The number of rotatable bonds is 4. The van der Waals surface area contributed by atoms with E-state index in [1.54, 1.807) is 12.3 Å². The molecule has 8 heteroatoms. The maximum absolute atomic E-state index is 13.1. The SMILES string of the molecule is O=C(Nc1cnccc1Nc1ccccc1)C12CC(C(F)(F)F)(CO1)C2.